The maximum atomic E-state index is 6.10. The number of aromatic nitrogens is 2. The zero-order valence-corrected chi connectivity index (χ0v) is 14.6. The van der Waals surface area contributed by atoms with Crippen LogP contribution in [0, 0.1) is 0 Å². The van der Waals surface area contributed by atoms with E-state index >= 15 is 0 Å². The second-order valence-corrected chi connectivity index (χ2v) is 5.83. The van der Waals surface area contributed by atoms with E-state index in [0.29, 0.717) is 30.3 Å². The Morgan fingerprint density at radius 1 is 1.21 bits per heavy atom. The van der Waals surface area contributed by atoms with Crippen molar-refractivity contribution < 1.29 is 14.2 Å². The van der Waals surface area contributed by atoms with Gasteiger partial charge in [0.1, 0.15) is 5.82 Å². The zero-order chi connectivity index (χ0) is 17.3. The molecule has 0 radical (unpaired) electrons. The van der Waals surface area contributed by atoms with Crippen molar-refractivity contribution >= 4 is 0 Å². The first-order valence-corrected chi connectivity index (χ1v) is 7.86. The lowest BCUT2D eigenvalue weighted by molar-refractivity contribution is 0.201. The summed E-state index contributed by atoms with van der Waals surface area (Å²) in [7, 11) is 6.89. The van der Waals surface area contributed by atoms with E-state index in [9.17, 15) is 0 Å². The van der Waals surface area contributed by atoms with Crippen molar-refractivity contribution in [3.8, 4) is 17.2 Å². The van der Waals surface area contributed by atoms with Gasteiger partial charge in [-0.3, -0.25) is 4.90 Å². The summed E-state index contributed by atoms with van der Waals surface area (Å²) in [5.41, 5.74) is 8.32. The number of benzene rings is 1. The van der Waals surface area contributed by atoms with E-state index in [2.05, 4.69) is 9.88 Å². The molecule has 0 saturated carbocycles. The van der Waals surface area contributed by atoms with Gasteiger partial charge in [-0.05, 0) is 11.6 Å². The number of ether oxygens (including phenoxy) is 3. The van der Waals surface area contributed by atoms with Crippen LogP contribution in [0.1, 0.15) is 23.0 Å². The van der Waals surface area contributed by atoms with Crippen LogP contribution < -0.4 is 19.9 Å². The van der Waals surface area contributed by atoms with Crippen LogP contribution in [0.4, 0.5) is 0 Å². The standard InChI is InChI=1S/C17H24N4O3/c1-20-6-5-19-14(20)10-21-9-11-7-13(22-2)16(23-3)17(24-4)15(11)12(21)8-18/h5-7,12H,8-10,18H2,1-4H3. The normalized spacial score (nSPS) is 17.0. The number of hydrogen-bond donors (Lipinski definition) is 1. The molecule has 0 fully saturated rings. The van der Waals surface area contributed by atoms with Crippen molar-refractivity contribution in [3.63, 3.8) is 0 Å². The molecule has 1 aromatic heterocycles. The van der Waals surface area contributed by atoms with Gasteiger partial charge in [0.2, 0.25) is 5.75 Å². The fraction of sp³-hybridized carbons (Fsp3) is 0.471. The summed E-state index contributed by atoms with van der Waals surface area (Å²) < 4.78 is 18.6. The molecule has 2 aromatic rings. The summed E-state index contributed by atoms with van der Waals surface area (Å²) in [6.07, 6.45) is 3.76. The molecule has 1 unspecified atom stereocenters. The maximum absolute atomic E-state index is 6.10. The molecule has 130 valence electrons. The van der Waals surface area contributed by atoms with E-state index in [1.54, 1.807) is 21.3 Å². The van der Waals surface area contributed by atoms with E-state index in [1.165, 1.54) is 0 Å². The lowest BCUT2D eigenvalue weighted by atomic mass is 10.0. The molecule has 2 N–H and O–H groups in total. The van der Waals surface area contributed by atoms with Crippen molar-refractivity contribution in [1.29, 1.82) is 0 Å². The quantitative estimate of drug-likeness (QED) is 0.863. The number of hydrogen-bond acceptors (Lipinski definition) is 6. The average Bonchev–Trinajstić information content (AvgIpc) is 3.15. The molecule has 2 heterocycles. The van der Waals surface area contributed by atoms with Crippen LogP contribution >= 0.6 is 0 Å². The Morgan fingerprint density at radius 2 is 1.96 bits per heavy atom. The number of nitrogens with two attached hydrogens (primary N) is 1. The lowest BCUT2D eigenvalue weighted by Crippen LogP contribution is -2.28. The molecular weight excluding hydrogens is 308 g/mol. The van der Waals surface area contributed by atoms with Gasteiger partial charge in [-0.2, -0.15) is 0 Å². The van der Waals surface area contributed by atoms with Crippen molar-refractivity contribution in [1.82, 2.24) is 14.5 Å². The molecular formula is C17H24N4O3. The molecule has 0 bridgehead atoms. The highest BCUT2D eigenvalue weighted by Gasteiger charge is 2.35. The summed E-state index contributed by atoms with van der Waals surface area (Å²) in [5, 5.41) is 0. The number of nitrogens with zero attached hydrogens (tertiary/aromatic N) is 3. The second-order valence-electron chi connectivity index (χ2n) is 5.83. The smallest absolute Gasteiger partial charge is 0.203 e. The van der Waals surface area contributed by atoms with Crippen LogP contribution in [0.2, 0.25) is 0 Å². The summed E-state index contributed by atoms with van der Waals surface area (Å²) in [5.74, 6) is 2.97. The van der Waals surface area contributed by atoms with Gasteiger partial charge in [-0.1, -0.05) is 0 Å². The van der Waals surface area contributed by atoms with Gasteiger partial charge >= 0.3 is 0 Å². The fourth-order valence-electron chi connectivity index (χ4n) is 3.40. The third kappa shape index (κ3) is 2.59. The number of fused-ring (bicyclic) bond motifs is 1. The highest BCUT2D eigenvalue weighted by atomic mass is 16.5. The molecule has 1 atom stereocenters. The van der Waals surface area contributed by atoms with Crippen molar-refractivity contribution in [3.05, 3.63) is 35.4 Å². The highest BCUT2D eigenvalue weighted by molar-refractivity contribution is 5.61. The summed E-state index contributed by atoms with van der Waals surface area (Å²) in [6, 6.07) is 2.06. The van der Waals surface area contributed by atoms with Crippen LogP contribution in [0.25, 0.3) is 0 Å². The molecule has 1 aliphatic heterocycles. The Hall–Kier alpha value is -2.25. The summed E-state index contributed by atoms with van der Waals surface area (Å²) >= 11 is 0. The minimum atomic E-state index is 0.0476. The van der Waals surface area contributed by atoms with Gasteiger partial charge in [0.15, 0.2) is 11.5 Å². The Bertz CT molecular complexity index is 729. The number of methoxy groups -OCH3 is 3. The predicted octanol–water partition coefficient (Wildman–Crippen LogP) is 1.46. The Balaban J connectivity index is 2.02. The molecule has 3 rings (SSSR count). The zero-order valence-electron chi connectivity index (χ0n) is 14.6. The van der Waals surface area contributed by atoms with Crippen LogP contribution in [-0.2, 0) is 20.1 Å². The monoisotopic (exact) mass is 332 g/mol. The van der Waals surface area contributed by atoms with Gasteiger partial charge in [-0.25, -0.2) is 4.98 Å². The van der Waals surface area contributed by atoms with Gasteiger partial charge in [-0.15, -0.1) is 0 Å². The van der Waals surface area contributed by atoms with Crippen LogP contribution in [0.15, 0.2) is 18.5 Å². The molecule has 1 aromatic carbocycles. The average molecular weight is 332 g/mol. The topological polar surface area (TPSA) is 74.8 Å². The highest BCUT2D eigenvalue weighted by Crippen LogP contribution is 2.49. The van der Waals surface area contributed by atoms with E-state index in [1.807, 2.05) is 30.1 Å². The van der Waals surface area contributed by atoms with Gasteiger partial charge in [0.25, 0.3) is 0 Å². The molecule has 7 nitrogen and oxygen atoms in total. The number of aryl methyl sites for hydroxylation is 1. The van der Waals surface area contributed by atoms with Gasteiger partial charge in [0.05, 0.1) is 33.9 Å². The van der Waals surface area contributed by atoms with Crippen molar-refractivity contribution in [2.45, 2.75) is 19.1 Å². The summed E-state index contributed by atoms with van der Waals surface area (Å²) in [6.45, 7) is 1.97. The third-order valence-corrected chi connectivity index (χ3v) is 4.59. The Kier molecular flexibility index (Phi) is 4.64. The number of rotatable bonds is 6. The third-order valence-electron chi connectivity index (χ3n) is 4.59. The van der Waals surface area contributed by atoms with Crippen LogP contribution in [-0.4, -0.2) is 42.3 Å². The first kappa shape index (κ1) is 16.6. The van der Waals surface area contributed by atoms with Gasteiger partial charge < -0.3 is 24.5 Å². The van der Waals surface area contributed by atoms with Crippen molar-refractivity contribution in [2.75, 3.05) is 27.9 Å². The second kappa shape index (κ2) is 6.70. The number of imidazole rings is 1. The van der Waals surface area contributed by atoms with E-state index in [-0.39, 0.29) is 6.04 Å². The molecule has 0 amide bonds. The van der Waals surface area contributed by atoms with Gasteiger partial charge in [0, 0.05) is 38.1 Å². The SMILES string of the molecule is COc1cc2c(c(OC)c1OC)C(CN)N(Cc1nccn1C)C2. The van der Waals surface area contributed by atoms with Crippen LogP contribution in [0.5, 0.6) is 17.2 Å². The first-order valence-electron chi connectivity index (χ1n) is 7.86. The predicted molar refractivity (Wildman–Crippen MR) is 90.3 cm³/mol. The Labute approximate surface area is 141 Å². The van der Waals surface area contributed by atoms with E-state index in [4.69, 9.17) is 19.9 Å². The Morgan fingerprint density at radius 3 is 2.50 bits per heavy atom. The molecule has 7 heteroatoms. The fourth-order valence-corrected chi connectivity index (χ4v) is 3.40. The molecule has 1 aliphatic rings. The minimum Gasteiger partial charge on any atom is -0.493 e. The minimum absolute atomic E-state index is 0.0476. The molecule has 0 aliphatic carbocycles. The maximum Gasteiger partial charge on any atom is 0.203 e. The van der Waals surface area contributed by atoms with E-state index in [0.717, 1.165) is 23.5 Å². The molecule has 24 heavy (non-hydrogen) atoms. The first-order chi connectivity index (χ1) is 11.6. The lowest BCUT2D eigenvalue weighted by Gasteiger charge is -2.24. The summed E-state index contributed by atoms with van der Waals surface area (Å²) in [4.78, 5) is 6.72. The van der Waals surface area contributed by atoms with Crippen molar-refractivity contribution in [2.24, 2.45) is 12.8 Å². The van der Waals surface area contributed by atoms with Crippen LogP contribution in [0.3, 0.4) is 0 Å². The molecule has 0 saturated heterocycles. The largest absolute Gasteiger partial charge is 0.493 e. The van der Waals surface area contributed by atoms with E-state index < -0.39 is 0 Å². The molecule has 0 spiro atoms.